The van der Waals surface area contributed by atoms with E-state index in [0.717, 1.165) is 18.9 Å². The molecule has 228 valence electrons. The summed E-state index contributed by atoms with van der Waals surface area (Å²) in [6.07, 6.45) is 8.10. The lowest BCUT2D eigenvalue weighted by molar-refractivity contribution is -0.147. The first kappa shape index (κ1) is 30.2. The van der Waals surface area contributed by atoms with Crippen molar-refractivity contribution in [2.75, 3.05) is 19.0 Å². The van der Waals surface area contributed by atoms with Crippen LogP contribution in [0.4, 0.5) is 10.1 Å². The maximum absolute atomic E-state index is 15.2. The number of amides is 1. The number of fused-ring (bicyclic) bond motifs is 1. The zero-order chi connectivity index (χ0) is 31.4. The molecule has 0 saturated carbocycles. The van der Waals surface area contributed by atoms with Gasteiger partial charge in [-0.25, -0.2) is 9.07 Å². The van der Waals surface area contributed by atoms with Gasteiger partial charge in [0.05, 0.1) is 37.1 Å². The van der Waals surface area contributed by atoms with Gasteiger partial charge in [-0.05, 0) is 63.1 Å². The fourth-order valence-electron chi connectivity index (χ4n) is 4.99. The zero-order valence-corrected chi connectivity index (χ0v) is 24.5. The molecule has 1 aliphatic carbocycles. The van der Waals surface area contributed by atoms with Crippen LogP contribution >= 0.6 is 0 Å². The SMILES string of the molecule is COc1ccc2c(Oc3ccc(NC(=O)c4c(C)n(C[C@@H](C)OC(=O)CN)n(C5=CCCC=C5)c4=O)cc3F)ccnc2c1. The highest BCUT2D eigenvalue weighted by Gasteiger charge is 2.26. The fraction of sp³-hybridized carbons (Fsp3) is 0.250. The van der Waals surface area contributed by atoms with Crippen molar-refractivity contribution in [3.63, 3.8) is 0 Å². The number of carbonyl (C=O) groups excluding carboxylic acids is 2. The van der Waals surface area contributed by atoms with E-state index >= 15 is 4.39 Å². The van der Waals surface area contributed by atoms with Crippen LogP contribution in [0.15, 0.2) is 71.7 Å². The minimum absolute atomic E-state index is 0.0620. The first-order valence-electron chi connectivity index (χ1n) is 14.0. The Morgan fingerprint density at radius 2 is 1.95 bits per heavy atom. The number of hydrogen-bond acceptors (Lipinski definition) is 8. The van der Waals surface area contributed by atoms with Crippen LogP contribution in [0.2, 0.25) is 0 Å². The molecule has 0 fully saturated rings. The number of anilines is 1. The van der Waals surface area contributed by atoms with Crippen LogP contribution < -0.4 is 26.1 Å². The van der Waals surface area contributed by atoms with E-state index in [2.05, 4.69) is 10.3 Å². The third-order valence-electron chi connectivity index (χ3n) is 7.09. The zero-order valence-electron chi connectivity index (χ0n) is 24.5. The van der Waals surface area contributed by atoms with Gasteiger partial charge in [-0.1, -0.05) is 12.2 Å². The molecule has 44 heavy (non-hydrogen) atoms. The van der Waals surface area contributed by atoms with Crippen LogP contribution in [0.1, 0.15) is 35.8 Å². The standard InChI is InChI=1S/C32H32FN5O6/c1-19(43-29(39)17-34)18-37-20(2)30(32(41)38(37)22-7-5-4-6-8-22)31(40)36-21-9-12-28(25(33)15-21)44-27-13-14-35-26-16-23(42-3)10-11-24(26)27/h5,7-16,19H,4,6,17-18,34H2,1-3H3,(H,36,40)/t19-/m1/s1. The third-order valence-corrected chi connectivity index (χ3v) is 7.09. The number of halogens is 1. The minimum atomic E-state index is -0.721. The maximum Gasteiger partial charge on any atom is 0.320 e. The number of ether oxygens (including phenoxy) is 3. The van der Waals surface area contributed by atoms with Gasteiger partial charge in [-0.15, -0.1) is 0 Å². The van der Waals surface area contributed by atoms with Crippen LogP contribution in [0.3, 0.4) is 0 Å². The Morgan fingerprint density at radius 3 is 2.66 bits per heavy atom. The Hall–Kier alpha value is -5.23. The molecule has 4 aromatic rings. The highest BCUT2D eigenvalue weighted by Crippen LogP contribution is 2.33. The Bertz CT molecular complexity index is 1860. The van der Waals surface area contributed by atoms with Gasteiger partial charge in [0, 0.05) is 29.4 Å². The van der Waals surface area contributed by atoms with Crippen molar-refractivity contribution in [3.05, 3.63) is 94.3 Å². The second-order valence-corrected chi connectivity index (χ2v) is 10.2. The number of carbonyl (C=O) groups is 2. The van der Waals surface area contributed by atoms with E-state index in [4.69, 9.17) is 19.9 Å². The molecule has 2 aromatic carbocycles. The molecule has 1 amide bonds. The van der Waals surface area contributed by atoms with E-state index < -0.39 is 29.4 Å². The number of allylic oxidation sites excluding steroid dienone is 4. The van der Waals surface area contributed by atoms with Crippen molar-refractivity contribution in [2.45, 2.75) is 39.3 Å². The fourth-order valence-corrected chi connectivity index (χ4v) is 4.99. The predicted molar refractivity (Wildman–Crippen MR) is 163 cm³/mol. The average Bonchev–Trinajstić information content (AvgIpc) is 3.26. The second-order valence-electron chi connectivity index (χ2n) is 10.2. The summed E-state index contributed by atoms with van der Waals surface area (Å²) < 4.78 is 34.6. The van der Waals surface area contributed by atoms with Crippen molar-refractivity contribution in [1.29, 1.82) is 0 Å². The highest BCUT2D eigenvalue weighted by molar-refractivity contribution is 6.05. The summed E-state index contributed by atoms with van der Waals surface area (Å²) in [5.41, 5.74) is 6.38. The van der Waals surface area contributed by atoms with Crippen molar-refractivity contribution in [1.82, 2.24) is 14.3 Å². The van der Waals surface area contributed by atoms with E-state index in [1.54, 1.807) is 62.2 Å². The highest BCUT2D eigenvalue weighted by atomic mass is 19.1. The monoisotopic (exact) mass is 601 g/mol. The molecule has 0 spiro atoms. The number of benzene rings is 2. The number of methoxy groups -OCH3 is 1. The molecule has 1 aliphatic rings. The number of esters is 1. The summed E-state index contributed by atoms with van der Waals surface area (Å²) in [6, 6.07) is 10.9. The van der Waals surface area contributed by atoms with Crippen molar-refractivity contribution >= 4 is 34.2 Å². The second kappa shape index (κ2) is 13.0. The maximum atomic E-state index is 15.2. The van der Waals surface area contributed by atoms with Gasteiger partial charge in [-0.2, -0.15) is 0 Å². The first-order chi connectivity index (χ1) is 21.2. The van der Waals surface area contributed by atoms with Crippen molar-refractivity contribution < 1.29 is 28.2 Å². The molecule has 3 N–H and O–H groups in total. The van der Waals surface area contributed by atoms with Gasteiger partial charge >= 0.3 is 5.97 Å². The smallest absolute Gasteiger partial charge is 0.320 e. The molecule has 0 bridgehead atoms. The molecule has 12 heteroatoms. The molecule has 2 heterocycles. The molecule has 0 unspecified atom stereocenters. The van der Waals surface area contributed by atoms with Crippen molar-refractivity contribution in [3.8, 4) is 17.2 Å². The molecule has 0 aliphatic heterocycles. The van der Waals surface area contributed by atoms with Gasteiger partial charge in [0.1, 0.15) is 23.2 Å². The normalized spacial score (nSPS) is 13.3. The molecule has 0 radical (unpaired) electrons. The van der Waals surface area contributed by atoms with Gasteiger partial charge in [0.15, 0.2) is 11.6 Å². The Kier molecular flexibility index (Phi) is 8.91. The lowest BCUT2D eigenvalue weighted by atomic mass is 10.1. The third kappa shape index (κ3) is 6.25. The summed E-state index contributed by atoms with van der Waals surface area (Å²) in [6.45, 7) is 3.12. The van der Waals surface area contributed by atoms with Crippen LogP contribution in [0, 0.1) is 12.7 Å². The summed E-state index contributed by atoms with van der Waals surface area (Å²) in [5.74, 6) is -1.06. The lowest BCUT2D eigenvalue weighted by Gasteiger charge is -2.19. The molecule has 11 nitrogen and oxygen atoms in total. The van der Waals surface area contributed by atoms with Gasteiger partial charge in [0.2, 0.25) is 0 Å². The Labute approximate surface area is 252 Å². The molecular formula is C32H32FN5O6. The molecular weight excluding hydrogens is 569 g/mol. The summed E-state index contributed by atoms with van der Waals surface area (Å²) in [5, 5.41) is 3.29. The van der Waals surface area contributed by atoms with Crippen LogP contribution in [-0.2, 0) is 16.1 Å². The van der Waals surface area contributed by atoms with Crippen molar-refractivity contribution in [2.24, 2.45) is 5.73 Å². The molecule has 0 saturated heterocycles. The largest absolute Gasteiger partial charge is 0.497 e. The summed E-state index contributed by atoms with van der Waals surface area (Å²) >= 11 is 0. The number of nitrogens with zero attached hydrogens (tertiary/aromatic N) is 3. The van der Waals surface area contributed by atoms with Gasteiger partial charge < -0.3 is 25.3 Å². The number of nitrogens with one attached hydrogen (secondary N) is 1. The van der Waals surface area contributed by atoms with E-state index in [9.17, 15) is 14.4 Å². The number of aromatic nitrogens is 3. The lowest BCUT2D eigenvalue weighted by Crippen LogP contribution is -2.30. The molecule has 2 aromatic heterocycles. The van der Waals surface area contributed by atoms with E-state index in [1.165, 1.54) is 16.8 Å². The Morgan fingerprint density at radius 1 is 1.14 bits per heavy atom. The van der Waals surface area contributed by atoms with Gasteiger partial charge in [-0.3, -0.25) is 24.0 Å². The predicted octanol–water partition coefficient (Wildman–Crippen LogP) is 4.78. The Balaban J connectivity index is 1.41. The molecule has 5 rings (SSSR count). The van der Waals surface area contributed by atoms with E-state index in [-0.39, 0.29) is 30.1 Å². The summed E-state index contributed by atoms with van der Waals surface area (Å²) in [4.78, 5) is 43.2. The average molecular weight is 602 g/mol. The molecule has 1 atom stereocenters. The number of hydrogen-bond donors (Lipinski definition) is 2. The van der Waals surface area contributed by atoms with Gasteiger partial charge in [0.25, 0.3) is 11.5 Å². The number of pyridine rings is 1. The van der Waals surface area contributed by atoms with Crippen LogP contribution in [-0.4, -0.2) is 46.0 Å². The van der Waals surface area contributed by atoms with Crippen LogP contribution in [0.5, 0.6) is 17.2 Å². The first-order valence-corrected chi connectivity index (χ1v) is 14.0. The number of nitrogens with two attached hydrogens (primary N) is 1. The van der Waals surface area contributed by atoms with E-state index in [0.29, 0.717) is 33.8 Å². The topological polar surface area (TPSA) is 140 Å². The summed E-state index contributed by atoms with van der Waals surface area (Å²) in [7, 11) is 1.55. The number of rotatable bonds is 10. The minimum Gasteiger partial charge on any atom is -0.497 e. The quantitative estimate of drug-likeness (QED) is 0.248. The van der Waals surface area contributed by atoms with E-state index in [1.807, 2.05) is 12.2 Å². The van der Waals surface area contributed by atoms with Crippen LogP contribution in [0.25, 0.3) is 16.6 Å².